The molecule has 0 atom stereocenters. The van der Waals surface area contributed by atoms with Gasteiger partial charge in [-0.3, -0.25) is 14.2 Å². The van der Waals surface area contributed by atoms with E-state index in [0.29, 0.717) is 29.1 Å². The third-order valence-electron chi connectivity index (χ3n) is 5.90. The number of aromatic nitrogens is 2. The number of alkyl halides is 1. The molecule has 5 aromatic rings. The summed E-state index contributed by atoms with van der Waals surface area (Å²) in [6.07, 6.45) is 0.833. The van der Waals surface area contributed by atoms with Crippen LogP contribution in [0.15, 0.2) is 105 Å². The van der Waals surface area contributed by atoms with Gasteiger partial charge in [0.1, 0.15) is 17.8 Å². The van der Waals surface area contributed by atoms with E-state index in [4.69, 9.17) is 25.6 Å². The molecule has 2 aromatic heterocycles. The van der Waals surface area contributed by atoms with Crippen molar-refractivity contribution in [3.05, 3.63) is 125 Å². The zero-order valence-corrected chi connectivity index (χ0v) is 30.6. The zero-order chi connectivity index (χ0) is 36.3. The molecule has 0 unspecified atom stereocenters. The fourth-order valence-corrected chi connectivity index (χ4v) is 3.42. The molecular formula is C33H34Cl4N3O7P. The highest BCUT2D eigenvalue weighted by Gasteiger charge is 2.19. The van der Waals surface area contributed by atoms with Crippen LogP contribution in [0.3, 0.4) is 0 Å². The molecule has 0 aliphatic heterocycles. The third kappa shape index (κ3) is 16.3. The Labute approximate surface area is 298 Å². The number of carbonyl (C=O) groups is 2. The quantitative estimate of drug-likeness (QED) is 0.0272. The van der Waals surface area contributed by atoms with Crippen molar-refractivity contribution in [1.29, 1.82) is 0 Å². The predicted octanol–water partition coefficient (Wildman–Crippen LogP) is 10.3. The minimum atomic E-state index is -3.22. The molecular weight excluding hydrogens is 723 g/mol. The molecule has 0 saturated carbocycles. The number of benzene rings is 3. The lowest BCUT2D eigenvalue weighted by Gasteiger charge is -1.96. The molecule has 0 radical (unpaired) electrons. The Bertz CT molecular complexity index is 1770. The first-order valence-electron chi connectivity index (χ1n) is 13.8. The van der Waals surface area contributed by atoms with Crippen LogP contribution in [0.4, 0.5) is 0 Å². The molecule has 0 aliphatic rings. The summed E-state index contributed by atoms with van der Waals surface area (Å²) >= 11 is 19.6. The average Bonchev–Trinajstić information content (AvgIpc) is 3.59. The van der Waals surface area contributed by atoms with Gasteiger partial charge >= 0.3 is 11.1 Å². The maximum Gasteiger partial charge on any atom is 0.392 e. The van der Waals surface area contributed by atoms with Crippen LogP contribution >= 0.6 is 50.5 Å². The van der Waals surface area contributed by atoms with Crippen molar-refractivity contribution in [2.45, 2.75) is 40.5 Å². The number of Topliss-reactive ketones (excluding diaryl/α,β-unsaturated/α-hetero) is 1. The molecule has 0 saturated heterocycles. The predicted molar refractivity (Wildman–Crippen MR) is 191 cm³/mol. The summed E-state index contributed by atoms with van der Waals surface area (Å²) in [5.74, 6) is 2.64. The van der Waals surface area contributed by atoms with Crippen LogP contribution in [0.2, 0.25) is 0 Å². The third-order valence-corrected chi connectivity index (χ3v) is 6.16. The second-order valence-corrected chi connectivity index (χ2v) is 16.3. The van der Waals surface area contributed by atoms with Gasteiger partial charge in [0.05, 0.1) is 17.1 Å². The number of halogens is 4. The minimum Gasteiger partial charge on any atom is -0.616 e. The first-order valence-corrected chi connectivity index (χ1v) is 18.8. The van der Waals surface area contributed by atoms with Crippen molar-refractivity contribution in [3.63, 3.8) is 0 Å². The lowest BCUT2D eigenvalue weighted by atomic mass is 10.2. The number of rotatable bonds is 5. The second kappa shape index (κ2) is 21.9. The Morgan fingerprint density at radius 3 is 1.65 bits per heavy atom. The number of carbonyl (C=O) groups excluding carboxylic acids is 2. The van der Waals surface area contributed by atoms with Gasteiger partial charge in [0.15, 0.2) is 11.5 Å². The Hall–Kier alpha value is -3.92. The number of hydrogen-bond acceptors (Lipinski definition) is 9. The molecule has 15 heteroatoms. The molecule has 1 N–H and O–H groups in total. The lowest BCUT2D eigenvalue weighted by Crippen LogP contribution is -2.29. The van der Waals surface area contributed by atoms with Crippen molar-refractivity contribution in [3.8, 4) is 22.9 Å². The molecule has 3 aromatic carbocycles. The van der Waals surface area contributed by atoms with E-state index in [1.165, 1.54) is 13.8 Å². The van der Waals surface area contributed by atoms with Crippen LogP contribution in [0, 0.1) is 26.0 Å². The van der Waals surface area contributed by atoms with Gasteiger partial charge in [-0.25, -0.2) is 4.98 Å². The van der Waals surface area contributed by atoms with Crippen LogP contribution in [-0.4, -0.2) is 28.0 Å². The Morgan fingerprint density at radius 2 is 1.33 bits per heavy atom. The lowest BCUT2D eigenvalue weighted by molar-refractivity contribution is -0.602. The van der Waals surface area contributed by atoms with Gasteiger partial charge < -0.3 is 19.2 Å². The largest absolute Gasteiger partial charge is 0.616 e. The zero-order valence-electron chi connectivity index (χ0n) is 26.6. The minimum absolute atomic E-state index is 0.139. The highest BCUT2D eigenvalue weighted by molar-refractivity contribution is 8.24. The molecule has 2 heterocycles. The fraction of sp³-hybridized carbons (Fsp3) is 0.182. The van der Waals surface area contributed by atoms with Gasteiger partial charge in [0.25, 0.3) is 0 Å². The highest BCUT2D eigenvalue weighted by Crippen LogP contribution is 2.61. The number of hydrogen-bond donors (Lipinski definition) is 1. The number of ketones is 1. The van der Waals surface area contributed by atoms with E-state index in [1.54, 1.807) is 26.0 Å². The van der Waals surface area contributed by atoms with E-state index in [9.17, 15) is 19.4 Å². The Kier molecular flexibility index (Phi) is 19.2. The topological polar surface area (TPSA) is 150 Å². The number of oxazole rings is 2. The van der Waals surface area contributed by atoms with Gasteiger partial charge in [0, 0.05) is 31.9 Å². The van der Waals surface area contributed by atoms with Crippen molar-refractivity contribution in [2.75, 3.05) is 0 Å². The summed E-state index contributed by atoms with van der Waals surface area (Å²) < 4.78 is 21.2. The standard InChI is InChI=1S/C11H10ClNO.C11H11NO2.C7H6O.C4H7NO2.Cl3OP/c1-8-10(7-12)13-11(14-8)9-5-3-2-4-6-9;1-8-9(2)14-11(12(8)13)10-6-4-3-5-7-10;8-6-7-4-2-1-3-5-7;1-3(5-7)4(2)6;1-5(2,3)4/h2-6H,7H2,1H3;3-7H,1-2H3;1-6H;7H,1-2H3;/b;;;5-3+;. The normalized spacial score (nSPS) is 10.4. The summed E-state index contributed by atoms with van der Waals surface area (Å²) in [5, 5.41) is 18.9. The van der Waals surface area contributed by atoms with Crippen LogP contribution < -0.4 is 4.73 Å². The molecule has 10 nitrogen and oxygen atoms in total. The summed E-state index contributed by atoms with van der Waals surface area (Å²) in [6, 6.07) is 28.3. The van der Waals surface area contributed by atoms with Crippen LogP contribution in [0.25, 0.3) is 22.9 Å². The van der Waals surface area contributed by atoms with E-state index in [1.807, 2.05) is 85.8 Å². The molecule has 256 valence electrons. The average molecular weight is 757 g/mol. The smallest absolute Gasteiger partial charge is 0.392 e. The van der Waals surface area contributed by atoms with Crippen molar-refractivity contribution in [1.82, 2.24) is 4.98 Å². The number of aryl methyl sites for hydroxylation is 2. The van der Waals surface area contributed by atoms with E-state index in [-0.39, 0.29) is 11.5 Å². The molecule has 0 aliphatic carbocycles. The first kappa shape index (κ1) is 42.1. The fourth-order valence-electron chi connectivity index (χ4n) is 3.17. The van der Waals surface area contributed by atoms with E-state index in [2.05, 4.69) is 43.9 Å². The van der Waals surface area contributed by atoms with E-state index < -0.39 is 5.20 Å². The number of oxime groups is 1. The molecule has 0 amide bonds. The summed E-state index contributed by atoms with van der Waals surface area (Å²) in [4.78, 5) is 24.4. The Balaban J connectivity index is 0.000000317. The Morgan fingerprint density at radius 1 is 0.875 bits per heavy atom. The summed E-state index contributed by atoms with van der Waals surface area (Å²) in [5.41, 5.74) is 4.08. The van der Waals surface area contributed by atoms with E-state index >= 15 is 0 Å². The summed E-state index contributed by atoms with van der Waals surface area (Å²) in [7, 11) is 0. The van der Waals surface area contributed by atoms with Crippen LogP contribution in [0.5, 0.6) is 0 Å². The monoisotopic (exact) mass is 755 g/mol. The van der Waals surface area contributed by atoms with Crippen LogP contribution in [-0.2, 0) is 15.2 Å². The van der Waals surface area contributed by atoms with Gasteiger partial charge in [0.2, 0.25) is 11.6 Å². The molecule has 5 rings (SSSR count). The molecule has 0 bridgehead atoms. The van der Waals surface area contributed by atoms with Gasteiger partial charge in [-0.15, -0.1) is 16.3 Å². The molecule has 48 heavy (non-hydrogen) atoms. The molecule has 0 spiro atoms. The number of nitrogens with zero attached hydrogens (tertiary/aromatic N) is 3. The van der Waals surface area contributed by atoms with Crippen molar-refractivity contribution < 1.29 is 32.9 Å². The summed E-state index contributed by atoms with van der Waals surface area (Å²) in [6.45, 7) is 8.20. The maximum absolute atomic E-state index is 11.6. The highest BCUT2D eigenvalue weighted by atomic mass is 36.0. The van der Waals surface area contributed by atoms with Crippen molar-refractivity contribution in [2.24, 2.45) is 5.16 Å². The number of aldehydes is 1. The molecule has 0 fully saturated rings. The first-order chi connectivity index (χ1) is 22.6. The van der Waals surface area contributed by atoms with E-state index in [0.717, 1.165) is 39.2 Å². The van der Waals surface area contributed by atoms with Crippen LogP contribution in [0.1, 0.15) is 47.1 Å². The van der Waals surface area contributed by atoms with Gasteiger partial charge in [-0.1, -0.05) is 71.9 Å². The van der Waals surface area contributed by atoms with Gasteiger partial charge in [-0.05, 0) is 71.8 Å². The SMILES string of the molecule is CC(=O)/C(C)=N/O.Cc1oc(-c2ccccc2)[n+]([O-])c1C.Cc1oc(-c2ccccc2)nc1CCl.O=Cc1ccccc1.O=P(Cl)(Cl)Cl. The second-order valence-electron chi connectivity index (χ2n) is 9.40. The van der Waals surface area contributed by atoms with Crippen molar-refractivity contribution >= 4 is 68.3 Å². The maximum atomic E-state index is 11.6. The van der Waals surface area contributed by atoms with Gasteiger partial charge in [-0.2, -0.15) is 0 Å².